The minimum absolute atomic E-state index is 0.523. The molecule has 11 aromatic rings. The molecule has 0 unspecified atom stereocenters. The second-order valence-corrected chi connectivity index (χ2v) is 15.2. The lowest BCUT2D eigenvalue weighted by Crippen LogP contribution is -2.04. The summed E-state index contributed by atoms with van der Waals surface area (Å²) in [6.07, 6.45) is 0. The molecular weight excluding hydrogens is 771 g/mol. The molecule has 0 radical (unpaired) electrons. The number of hydrogen-bond donors (Lipinski definition) is 0. The first-order chi connectivity index (χ1) is 31.2. The van der Waals surface area contributed by atoms with Gasteiger partial charge in [0.15, 0.2) is 23.3 Å². The second-order valence-electron chi connectivity index (χ2n) is 15.2. The number of benzene rings is 8. The van der Waals surface area contributed by atoms with E-state index in [1.807, 2.05) is 133 Å². The maximum absolute atomic E-state index is 9.52. The van der Waals surface area contributed by atoms with Gasteiger partial charge in [-0.25, -0.2) is 24.9 Å². The van der Waals surface area contributed by atoms with E-state index in [1.54, 1.807) is 0 Å². The van der Waals surface area contributed by atoms with Crippen LogP contribution >= 0.6 is 0 Å². The fourth-order valence-corrected chi connectivity index (χ4v) is 8.21. The van der Waals surface area contributed by atoms with E-state index in [-0.39, 0.29) is 0 Å². The Morgan fingerprint density at radius 1 is 0.333 bits per heavy atom. The third kappa shape index (κ3) is 7.08. The van der Waals surface area contributed by atoms with Crippen molar-refractivity contribution in [1.82, 2.24) is 29.5 Å². The first-order valence-electron chi connectivity index (χ1n) is 20.7. The summed E-state index contributed by atoms with van der Waals surface area (Å²) in [5, 5.41) is 11.7. The molecule has 3 heterocycles. The Morgan fingerprint density at radius 2 is 0.810 bits per heavy atom. The van der Waals surface area contributed by atoms with Gasteiger partial charge in [0.1, 0.15) is 0 Å². The number of rotatable bonds is 8. The summed E-state index contributed by atoms with van der Waals surface area (Å²) in [6.45, 7) is 0. The van der Waals surface area contributed by atoms with Gasteiger partial charge in [0, 0.05) is 44.2 Å². The van der Waals surface area contributed by atoms with Crippen LogP contribution in [0.4, 0.5) is 0 Å². The van der Waals surface area contributed by atoms with Crippen molar-refractivity contribution in [1.29, 1.82) is 5.26 Å². The van der Waals surface area contributed by atoms with Gasteiger partial charge in [-0.2, -0.15) is 5.26 Å². The third-order valence-corrected chi connectivity index (χ3v) is 11.3. The Morgan fingerprint density at radius 3 is 1.41 bits per heavy atom. The van der Waals surface area contributed by atoms with Crippen molar-refractivity contribution in [3.05, 3.63) is 218 Å². The molecular formula is C56H35N7. The fraction of sp³-hybridized carbons (Fsp3) is 0. The molecule has 7 nitrogen and oxygen atoms in total. The summed E-state index contributed by atoms with van der Waals surface area (Å²) in [7, 11) is 0. The van der Waals surface area contributed by atoms with Crippen molar-refractivity contribution in [3.63, 3.8) is 0 Å². The summed E-state index contributed by atoms with van der Waals surface area (Å²) in [6, 6.07) is 74.0. The standard InChI is InChI=1S/C56H35N7/c57-36-37-25-27-38(28-26-37)43-29-31-46-45-23-13-14-24-50(45)63(52(46)34-43)51-32-30-44(49-35-48(39-15-5-1-6-16-39)58-53(59-49)40-17-7-2-8-18-40)33-47(51)56-61-54(41-19-9-3-10-20-41)60-55(62-56)42-21-11-4-12-22-42/h1-35H. The van der Waals surface area contributed by atoms with Crippen LogP contribution in [0, 0.1) is 11.3 Å². The Kier molecular flexibility index (Phi) is 9.41. The summed E-state index contributed by atoms with van der Waals surface area (Å²) >= 11 is 0. The van der Waals surface area contributed by atoms with Crippen LogP contribution in [-0.2, 0) is 0 Å². The Bertz CT molecular complexity index is 3370. The van der Waals surface area contributed by atoms with Crippen LogP contribution in [0.25, 0.3) is 107 Å². The summed E-state index contributed by atoms with van der Waals surface area (Å²) in [5.74, 6) is 2.30. The molecule has 0 fully saturated rings. The zero-order valence-electron chi connectivity index (χ0n) is 33.8. The van der Waals surface area contributed by atoms with E-state index in [2.05, 4.69) is 89.5 Å². The predicted octanol–water partition coefficient (Wildman–Crippen LogP) is 13.3. The molecule has 0 bridgehead atoms. The minimum Gasteiger partial charge on any atom is -0.308 e. The van der Waals surface area contributed by atoms with E-state index in [1.165, 1.54) is 0 Å². The van der Waals surface area contributed by atoms with Crippen molar-refractivity contribution in [3.8, 4) is 90.9 Å². The summed E-state index contributed by atoms with van der Waals surface area (Å²) in [4.78, 5) is 25.9. The topological polar surface area (TPSA) is 93.2 Å². The van der Waals surface area contributed by atoms with E-state index in [0.717, 1.165) is 83.4 Å². The van der Waals surface area contributed by atoms with Crippen molar-refractivity contribution in [2.75, 3.05) is 0 Å². The normalized spacial score (nSPS) is 11.2. The number of para-hydroxylation sites is 1. The van der Waals surface area contributed by atoms with Crippen molar-refractivity contribution < 1.29 is 0 Å². The van der Waals surface area contributed by atoms with Crippen LogP contribution in [0.5, 0.6) is 0 Å². The van der Waals surface area contributed by atoms with Crippen LogP contribution < -0.4 is 0 Å². The SMILES string of the molecule is N#Cc1ccc(-c2ccc3c4ccccc4n(-c4ccc(-c5cc(-c6ccccc6)nc(-c6ccccc6)n5)cc4-c4nc(-c5ccccc5)nc(-c5ccccc5)n4)c3c2)cc1. The first-order valence-corrected chi connectivity index (χ1v) is 20.7. The summed E-state index contributed by atoms with van der Waals surface area (Å²) in [5.41, 5.74) is 12.6. The first kappa shape index (κ1) is 37.2. The van der Waals surface area contributed by atoms with Gasteiger partial charge in [-0.05, 0) is 53.6 Å². The van der Waals surface area contributed by atoms with E-state index < -0.39 is 0 Å². The Labute approximate surface area is 364 Å². The predicted molar refractivity (Wildman–Crippen MR) is 253 cm³/mol. The quantitative estimate of drug-likeness (QED) is 0.152. The van der Waals surface area contributed by atoms with Gasteiger partial charge in [0.2, 0.25) is 0 Å². The molecule has 0 aliphatic carbocycles. The Balaban J connectivity index is 1.20. The van der Waals surface area contributed by atoms with Gasteiger partial charge in [0.25, 0.3) is 0 Å². The molecule has 0 atom stereocenters. The number of nitrogens with zero attached hydrogens (tertiary/aromatic N) is 7. The smallest absolute Gasteiger partial charge is 0.166 e. The van der Waals surface area contributed by atoms with E-state index >= 15 is 0 Å². The second kappa shape index (κ2) is 16.0. The zero-order valence-corrected chi connectivity index (χ0v) is 33.8. The van der Waals surface area contributed by atoms with Crippen molar-refractivity contribution in [2.45, 2.75) is 0 Å². The molecule has 3 aromatic heterocycles. The molecule has 0 aliphatic rings. The van der Waals surface area contributed by atoms with Gasteiger partial charge < -0.3 is 4.57 Å². The highest BCUT2D eigenvalue weighted by Gasteiger charge is 2.22. The van der Waals surface area contributed by atoms with Crippen molar-refractivity contribution >= 4 is 21.8 Å². The fourth-order valence-electron chi connectivity index (χ4n) is 8.21. The third-order valence-electron chi connectivity index (χ3n) is 11.3. The minimum atomic E-state index is 0.523. The highest BCUT2D eigenvalue weighted by molar-refractivity contribution is 6.10. The number of hydrogen-bond acceptors (Lipinski definition) is 6. The molecule has 7 heteroatoms. The monoisotopic (exact) mass is 805 g/mol. The molecule has 0 saturated heterocycles. The van der Waals surface area contributed by atoms with Gasteiger partial charge in [-0.15, -0.1) is 0 Å². The number of nitriles is 1. The molecule has 294 valence electrons. The maximum atomic E-state index is 9.52. The molecule has 11 rings (SSSR count). The molecule has 0 spiro atoms. The Hall–Kier alpha value is -8.86. The van der Waals surface area contributed by atoms with Crippen LogP contribution in [0.1, 0.15) is 5.56 Å². The highest BCUT2D eigenvalue weighted by atomic mass is 15.1. The van der Waals surface area contributed by atoms with Crippen LogP contribution in [0.15, 0.2) is 212 Å². The summed E-state index contributed by atoms with van der Waals surface area (Å²) < 4.78 is 2.32. The van der Waals surface area contributed by atoms with Gasteiger partial charge in [0.05, 0.1) is 39.7 Å². The molecule has 0 saturated carbocycles. The van der Waals surface area contributed by atoms with Crippen LogP contribution in [0.2, 0.25) is 0 Å². The lowest BCUT2D eigenvalue weighted by molar-refractivity contribution is 1.06. The molecule has 0 aliphatic heterocycles. The highest BCUT2D eigenvalue weighted by Crippen LogP contribution is 2.40. The van der Waals surface area contributed by atoms with Gasteiger partial charge in [-0.1, -0.05) is 170 Å². The maximum Gasteiger partial charge on any atom is 0.166 e. The molecule has 8 aromatic carbocycles. The van der Waals surface area contributed by atoms with Gasteiger partial charge in [-0.3, -0.25) is 0 Å². The van der Waals surface area contributed by atoms with E-state index in [9.17, 15) is 5.26 Å². The molecule has 0 N–H and O–H groups in total. The lowest BCUT2D eigenvalue weighted by atomic mass is 10.0. The zero-order chi connectivity index (χ0) is 42.1. The number of aromatic nitrogens is 6. The van der Waals surface area contributed by atoms with Crippen molar-refractivity contribution in [2.24, 2.45) is 0 Å². The van der Waals surface area contributed by atoms with E-state index in [0.29, 0.717) is 28.9 Å². The largest absolute Gasteiger partial charge is 0.308 e. The lowest BCUT2D eigenvalue weighted by Gasteiger charge is -2.17. The molecule has 63 heavy (non-hydrogen) atoms. The number of fused-ring (bicyclic) bond motifs is 3. The van der Waals surface area contributed by atoms with Gasteiger partial charge >= 0.3 is 0 Å². The van der Waals surface area contributed by atoms with Crippen LogP contribution in [0.3, 0.4) is 0 Å². The average Bonchev–Trinajstić information content (AvgIpc) is 3.70. The average molecular weight is 806 g/mol. The van der Waals surface area contributed by atoms with Crippen LogP contribution in [-0.4, -0.2) is 29.5 Å². The van der Waals surface area contributed by atoms with E-state index in [4.69, 9.17) is 24.9 Å². The molecule has 0 amide bonds.